The van der Waals surface area contributed by atoms with Crippen LogP contribution in [0.3, 0.4) is 0 Å². The summed E-state index contributed by atoms with van der Waals surface area (Å²) in [7, 11) is 0. The predicted molar refractivity (Wildman–Crippen MR) is 64.2 cm³/mol. The molecule has 0 saturated heterocycles. The summed E-state index contributed by atoms with van der Waals surface area (Å²) in [4.78, 5) is 1.24. The first-order chi connectivity index (χ1) is 6.66. The molecule has 0 radical (unpaired) electrons. The summed E-state index contributed by atoms with van der Waals surface area (Å²) >= 11 is 7.54. The van der Waals surface area contributed by atoms with Gasteiger partial charge in [-0.3, -0.25) is 0 Å². The highest BCUT2D eigenvalue weighted by Crippen LogP contribution is 2.33. The van der Waals surface area contributed by atoms with Crippen LogP contribution in [0, 0.1) is 13.8 Å². The van der Waals surface area contributed by atoms with Crippen molar-refractivity contribution in [3.63, 3.8) is 0 Å². The lowest BCUT2D eigenvalue weighted by atomic mass is 10.0. The second kappa shape index (κ2) is 3.76. The van der Waals surface area contributed by atoms with Gasteiger partial charge in [0.05, 0.1) is 4.34 Å². The van der Waals surface area contributed by atoms with Crippen molar-refractivity contribution in [3.8, 4) is 10.4 Å². The average molecular weight is 223 g/mol. The molecule has 1 heterocycles. The van der Waals surface area contributed by atoms with E-state index in [-0.39, 0.29) is 0 Å². The molecule has 0 spiro atoms. The van der Waals surface area contributed by atoms with Crippen LogP contribution in [0.4, 0.5) is 0 Å². The first-order valence-corrected chi connectivity index (χ1v) is 5.69. The summed E-state index contributed by atoms with van der Waals surface area (Å²) in [5, 5.41) is 0. The molecule has 2 aromatic rings. The minimum absolute atomic E-state index is 0.847. The minimum Gasteiger partial charge on any atom is -0.123 e. The lowest BCUT2D eigenvalue weighted by molar-refractivity contribution is 1.39. The highest BCUT2D eigenvalue weighted by Gasteiger charge is 2.04. The van der Waals surface area contributed by atoms with E-state index in [1.54, 1.807) is 11.3 Å². The minimum atomic E-state index is 0.847. The third-order valence-corrected chi connectivity index (χ3v) is 3.49. The number of thiophene rings is 1. The molecule has 0 unspecified atom stereocenters. The Balaban J connectivity index is 2.52. The zero-order valence-corrected chi connectivity index (χ0v) is 9.75. The Morgan fingerprint density at radius 3 is 2.43 bits per heavy atom. The van der Waals surface area contributed by atoms with Crippen LogP contribution in [-0.4, -0.2) is 0 Å². The summed E-state index contributed by atoms with van der Waals surface area (Å²) in [5.74, 6) is 0. The Morgan fingerprint density at radius 2 is 1.86 bits per heavy atom. The maximum Gasteiger partial charge on any atom is 0.0934 e. The van der Waals surface area contributed by atoms with Crippen LogP contribution >= 0.6 is 22.9 Å². The van der Waals surface area contributed by atoms with E-state index < -0.39 is 0 Å². The second-order valence-electron chi connectivity index (χ2n) is 3.42. The molecule has 0 aliphatic rings. The van der Waals surface area contributed by atoms with Crippen LogP contribution < -0.4 is 0 Å². The van der Waals surface area contributed by atoms with E-state index in [0.717, 1.165) is 4.34 Å². The van der Waals surface area contributed by atoms with Crippen LogP contribution in [-0.2, 0) is 0 Å². The molecule has 1 aromatic carbocycles. The largest absolute Gasteiger partial charge is 0.123 e. The first-order valence-electron chi connectivity index (χ1n) is 4.50. The smallest absolute Gasteiger partial charge is 0.0934 e. The molecule has 0 N–H and O–H groups in total. The summed E-state index contributed by atoms with van der Waals surface area (Å²) in [6.07, 6.45) is 0. The van der Waals surface area contributed by atoms with Crippen molar-refractivity contribution in [1.82, 2.24) is 0 Å². The van der Waals surface area contributed by atoms with Gasteiger partial charge in [-0.25, -0.2) is 0 Å². The van der Waals surface area contributed by atoms with Gasteiger partial charge in [0, 0.05) is 4.88 Å². The van der Waals surface area contributed by atoms with Gasteiger partial charge in [-0.05, 0) is 37.1 Å². The number of halogens is 1. The molecular weight excluding hydrogens is 212 g/mol. The second-order valence-corrected chi connectivity index (χ2v) is 5.14. The van der Waals surface area contributed by atoms with Gasteiger partial charge in [0.1, 0.15) is 0 Å². The Kier molecular flexibility index (Phi) is 2.62. The number of hydrogen-bond donors (Lipinski definition) is 0. The van der Waals surface area contributed by atoms with E-state index in [1.807, 2.05) is 6.07 Å². The number of aryl methyl sites for hydroxylation is 2. The Hall–Kier alpha value is -0.790. The van der Waals surface area contributed by atoms with Crippen LogP contribution in [0.1, 0.15) is 11.1 Å². The fraction of sp³-hybridized carbons (Fsp3) is 0.167. The molecule has 72 valence electrons. The maximum absolute atomic E-state index is 5.91. The molecule has 0 saturated carbocycles. The molecule has 0 nitrogen and oxygen atoms in total. The van der Waals surface area contributed by atoms with E-state index in [9.17, 15) is 0 Å². The Morgan fingerprint density at radius 1 is 1.07 bits per heavy atom. The molecule has 0 fully saturated rings. The molecule has 0 bridgehead atoms. The molecule has 0 aliphatic heterocycles. The highest BCUT2D eigenvalue weighted by molar-refractivity contribution is 7.19. The average Bonchev–Trinajstić information content (AvgIpc) is 2.51. The van der Waals surface area contributed by atoms with Crippen LogP contribution in [0.25, 0.3) is 10.4 Å². The maximum atomic E-state index is 5.91. The summed E-state index contributed by atoms with van der Waals surface area (Å²) in [6, 6.07) is 10.5. The lowest BCUT2D eigenvalue weighted by Crippen LogP contribution is -1.81. The highest BCUT2D eigenvalue weighted by atomic mass is 35.5. The van der Waals surface area contributed by atoms with Crippen molar-refractivity contribution < 1.29 is 0 Å². The van der Waals surface area contributed by atoms with E-state index in [4.69, 9.17) is 11.6 Å². The Bertz CT molecular complexity index is 457. The molecular formula is C12H11ClS. The monoisotopic (exact) mass is 222 g/mol. The molecule has 0 amide bonds. The zero-order valence-electron chi connectivity index (χ0n) is 8.17. The van der Waals surface area contributed by atoms with E-state index in [0.29, 0.717) is 0 Å². The van der Waals surface area contributed by atoms with E-state index in [1.165, 1.54) is 21.6 Å². The van der Waals surface area contributed by atoms with Gasteiger partial charge >= 0.3 is 0 Å². The van der Waals surface area contributed by atoms with Gasteiger partial charge in [0.25, 0.3) is 0 Å². The van der Waals surface area contributed by atoms with Crippen molar-refractivity contribution in [2.45, 2.75) is 13.8 Å². The van der Waals surface area contributed by atoms with Gasteiger partial charge in [-0.2, -0.15) is 0 Å². The number of benzene rings is 1. The van der Waals surface area contributed by atoms with Crippen molar-refractivity contribution >= 4 is 22.9 Å². The van der Waals surface area contributed by atoms with Gasteiger partial charge < -0.3 is 0 Å². The topological polar surface area (TPSA) is 0 Å². The summed E-state index contributed by atoms with van der Waals surface area (Å²) < 4.78 is 0.847. The quantitative estimate of drug-likeness (QED) is 0.657. The first kappa shape index (κ1) is 9.75. The summed E-state index contributed by atoms with van der Waals surface area (Å²) in [5.41, 5.74) is 3.89. The number of rotatable bonds is 1. The van der Waals surface area contributed by atoms with Crippen molar-refractivity contribution in [2.75, 3.05) is 0 Å². The van der Waals surface area contributed by atoms with Gasteiger partial charge in [0.2, 0.25) is 0 Å². The molecule has 2 heteroatoms. The molecule has 1 aromatic heterocycles. The molecule has 0 atom stereocenters. The molecule has 2 rings (SSSR count). The van der Waals surface area contributed by atoms with Crippen molar-refractivity contribution in [3.05, 3.63) is 45.8 Å². The van der Waals surface area contributed by atoms with Crippen molar-refractivity contribution in [1.29, 1.82) is 0 Å². The van der Waals surface area contributed by atoms with Gasteiger partial charge in [-0.15, -0.1) is 11.3 Å². The Labute approximate surface area is 93.2 Å². The summed E-state index contributed by atoms with van der Waals surface area (Å²) in [6.45, 7) is 4.24. The number of hydrogen-bond acceptors (Lipinski definition) is 1. The standard InChI is InChI=1S/C12H11ClS/c1-8-3-4-10(9(2)7-8)11-5-6-12(13)14-11/h3-7H,1-2H3. The predicted octanol–water partition coefficient (Wildman–Crippen LogP) is 4.69. The molecule has 14 heavy (non-hydrogen) atoms. The van der Waals surface area contributed by atoms with E-state index in [2.05, 4.69) is 38.1 Å². The fourth-order valence-corrected chi connectivity index (χ4v) is 2.68. The van der Waals surface area contributed by atoms with Crippen molar-refractivity contribution in [2.24, 2.45) is 0 Å². The fourth-order valence-electron chi connectivity index (χ4n) is 1.55. The zero-order chi connectivity index (χ0) is 10.1. The SMILES string of the molecule is Cc1ccc(-c2ccc(Cl)s2)c(C)c1. The van der Waals surface area contributed by atoms with Crippen LogP contribution in [0.5, 0.6) is 0 Å². The van der Waals surface area contributed by atoms with E-state index >= 15 is 0 Å². The third kappa shape index (κ3) is 1.84. The normalized spacial score (nSPS) is 10.5. The van der Waals surface area contributed by atoms with Crippen LogP contribution in [0.2, 0.25) is 4.34 Å². The van der Waals surface area contributed by atoms with Gasteiger partial charge in [0.15, 0.2) is 0 Å². The molecule has 0 aliphatic carbocycles. The van der Waals surface area contributed by atoms with Crippen LogP contribution in [0.15, 0.2) is 30.3 Å². The lowest BCUT2D eigenvalue weighted by Gasteiger charge is -2.03. The van der Waals surface area contributed by atoms with Gasteiger partial charge in [-0.1, -0.05) is 35.4 Å². The third-order valence-electron chi connectivity index (χ3n) is 2.22.